The van der Waals surface area contributed by atoms with Crippen LogP contribution in [-0.2, 0) is 14.3 Å². The number of esters is 1. The number of primary amides is 1. The van der Waals surface area contributed by atoms with Crippen molar-refractivity contribution in [1.82, 2.24) is 0 Å². The summed E-state index contributed by atoms with van der Waals surface area (Å²) in [5.41, 5.74) is 4.26. The van der Waals surface area contributed by atoms with Gasteiger partial charge in [0.2, 0.25) is 0 Å². The van der Waals surface area contributed by atoms with Crippen molar-refractivity contribution >= 4 is 12.1 Å². The molecular formula is C21H43NO5. The molecule has 1 amide bonds. The van der Waals surface area contributed by atoms with Crippen molar-refractivity contribution in [2.24, 2.45) is 11.7 Å². The molecule has 2 atom stereocenters. The Kier molecular flexibility index (Phi) is 17.4. The molecule has 0 spiro atoms. The van der Waals surface area contributed by atoms with E-state index in [9.17, 15) is 9.59 Å². The predicted molar refractivity (Wildman–Crippen MR) is 109 cm³/mol. The second kappa shape index (κ2) is 16.8. The lowest BCUT2D eigenvalue weighted by molar-refractivity contribution is -0.149. The molecule has 0 saturated carbocycles. The smallest absolute Gasteiger partial charge is 0.405 e. The minimum atomic E-state index is -0.725. The van der Waals surface area contributed by atoms with Gasteiger partial charge >= 0.3 is 12.1 Å². The quantitative estimate of drug-likeness (QED) is 0.665. The van der Waals surface area contributed by atoms with E-state index >= 15 is 0 Å². The van der Waals surface area contributed by atoms with Crippen molar-refractivity contribution in [1.29, 1.82) is 0 Å². The molecule has 0 radical (unpaired) electrons. The number of aliphatic hydroxyl groups excluding tert-OH is 1. The van der Waals surface area contributed by atoms with Crippen molar-refractivity contribution in [2.75, 3.05) is 6.61 Å². The normalized spacial score (nSPS) is 20.8. The number of ether oxygens (including phenoxy) is 2. The summed E-state index contributed by atoms with van der Waals surface area (Å²) in [5.74, 6) is 0.760. The lowest BCUT2D eigenvalue weighted by Gasteiger charge is -2.22. The molecule has 0 aromatic heterocycles. The summed E-state index contributed by atoms with van der Waals surface area (Å²) in [4.78, 5) is 21.4. The van der Waals surface area contributed by atoms with Crippen LogP contribution < -0.4 is 5.73 Å². The number of aliphatic hydroxyl groups is 1. The summed E-state index contributed by atoms with van der Waals surface area (Å²) in [7, 11) is 0. The molecule has 1 aliphatic rings. The van der Waals surface area contributed by atoms with Gasteiger partial charge in [0, 0.05) is 13.0 Å². The summed E-state index contributed by atoms with van der Waals surface area (Å²) < 4.78 is 9.94. The van der Waals surface area contributed by atoms with Crippen LogP contribution in [0.1, 0.15) is 99.3 Å². The molecule has 1 saturated heterocycles. The molecule has 1 heterocycles. The summed E-state index contributed by atoms with van der Waals surface area (Å²) in [5, 5.41) is 7.88. The largest absolute Gasteiger partial charge is 0.463 e. The third-order valence-electron chi connectivity index (χ3n) is 3.82. The van der Waals surface area contributed by atoms with Crippen LogP contribution in [0.3, 0.4) is 0 Å². The van der Waals surface area contributed by atoms with Gasteiger partial charge in [-0.3, -0.25) is 4.79 Å². The SMILES string of the molecule is CC(C)(C)OC(N)=O.CCCC1CCCCCC(=O)OC(C)C1.CCCO. The average Bonchev–Trinajstić information content (AvgIpc) is 2.52. The minimum absolute atomic E-state index is 0.000325. The Bertz CT molecular complexity index is 377. The molecule has 162 valence electrons. The number of nitrogens with two attached hydrogens (primary N) is 1. The van der Waals surface area contributed by atoms with E-state index in [0.29, 0.717) is 13.0 Å². The minimum Gasteiger partial charge on any atom is -0.463 e. The Morgan fingerprint density at radius 2 is 1.81 bits per heavy atom. The molecular weight excluding hydrogens is 346 g/mol. The van der Waals surface area contributed by atoms with Crippen molar-refractivity contribution < 1.29 is 24.2 Å². The van der Waals surface area contributed by atoms with Crippen LogP contribution in [0.5, 0.6) is 0 Å². The molecule has 1 aliphatic heterocycles. The molecule has 0 aromatic carbocycles. The van der Waals surface area contributed by atoms with Crippen LogP contribution in [-0.4, -0.2) is 35.5 Å². The number of cyclic esters (lactones) is 1. The molecule has 2 unspecified atom stereocenters. The number of hydrogen-bond acceptors (Lipinski definition) is 5. The van der Waals surface area contributed by atoms with E-state index in [-0.39, 0.29) is 12.1 Å². The zero-order chi connectivity index (χ0) is 21.3. The first-order valence-corrected chi connectivity index (χ1v) is 10.3. The fourth-order valence-electron chi connectivity index (χ4n) is 2.77. The topological polar surface area (TPSA) is 98.9 Å². The molecule has 3 N–H and O–H groups in total. The number of hydrogen-bond donors (Lipinski definition) is 2. The summed E-state index contributed by atoms with van der Waals surface area (Å²) >= 11 is 0. The molecule has 6 nitrogen and oxygen atoms in total. The second-order valence-corrected chi connectivity index (χ2v) is 8.05. The third-order valence-corrected chi connectivity index (χ3v) is 3.82. The van der Waals surface area contributed by atoms with E-state index in [4.69, 9.17) is 15.6 Å². The molecule has 27 heavy (non-hydrogen) atoms. The summed E-state index contributed by atoms with van der Waals surface area (Å²) in [6.45, 7) is 11.8. The highest BCUT2D eigenvalue weighted by Gasteiger charge is 2.17. The zero-order valence-corrected chi connectivity index (χ0v) is 18.4. The van der Waals surface area contributed by atoms with E-state index in [2.05, 4.69) is 11.7 Å². The zero-order valence-electron chi connectivity index (χ0n) is 18.4. The lowest BCUT2D eigenvalue weighted by Crippen LogP contribution is -2.27. The first-order chi connectivity index (χ1) is 12.6. The van der Waals surface area contributed by atoms with Crippen molar-refractivity contribution in [3.05, 3.63) is 0 Å². The second-order valence-electron chi connectivity index (χ2n) is 8.05. The monoisotopic (exact) mass is 389 g/mol. The van der Waals surface area contributed by atoms with E-state index in [0.717, 1.165) is 25.2 Å². The van der Waals surface area contributed by atoms with Gasteiger partial charge in [0.25, 0.3) is 0 Å². The highest BCUT2D eigenvalue weighted by atomic mass is 16.6. The van der Waals surface area contributed by atoms with E-state index < -0.39 is 11.7 Å². The summed E-state index contributed by atoms with van der Waals surface area (Å²) in [6.07, 6.45) is 9.24. The van der Waals surface area contributed by atoms with Gasteiger partial charge in [0.15, 0.2) is 0 Å². The van der Waals surface area contributed by atoms with Crippen LogP contribution in [0, 0.1) is 5.92 Å². The Balaban J connectivity index is 0. The number of rotatable bonds is 3. The first-order valence-electron chi connectivity index (χ1n) is 10.3. The van der Waals surface area contributed by atoms with Gasteiger partial charge in [-0.05, 0) is 52.9 Å². The van der Waals surface area contributed by atoms with Gasteiger partial charge in [-0.25, -0.2) is 4.79 Å². The fourth-order valence-corrected chi connectivity index (χ4v) is 2.77. The molecule has 0 bridgehead atoms. The van der Waals surface area contributed by atoms with Crippen molar-refractivity contribution in [2.45, 2.75) is 111 Å². The van der Waals surface area contributed by atoms with Gasteiger partial charge in [0.05, 0.1) is 6.10 Å². The molecule has 1 fully saturated rings. The highest BCUT2D eigenvalue weighted by Crippen LogP contribution is 2.24. The molecule has 1 rings (SSSR count). The van der Waals surface area contributed by atoms with Crippen LogP contribution >= 0.6 is 0 Å². The third kappa shape index (κ3) is 22.7. The predicted octanol–water partition coefficient (Wildman–Crippen LogP) is 4.96. The van der Waals surface area contributed by atoms with Crippen LogP contribution in [0.2, 0.25) is 0 Å². The number of carbonyl (C=O) groups excluding carboxylic acids is 2. The lowest BCUT2D eigenvalue weighted by atomic mass is 9.91. The van der Waals surface area contributed by atoms with Crippen molar-refractivity contribution in [3.8, 4) is 0 Å². The Hall–Kier alpha value is -1.30. The molecule has 0 aliphatic carbocycles. The van der Waals surface area contributed by atoms with Gasteiger partial charge in [-0.15, -0.1) is 0 Å². The maximum absolute atomic E-state index is 11.4. The Morgan fingerprint density at radius 1 is 1.22 bits per heavy atom. The van der Waals surface area contributed by atoms with Gasteiger partial charge < -0.3 is 20.3 Å². The average molecular weight is 390 g/mol. The highest BCUT2D eigenvalue weighted by molar-refractivity contribution is 5.69. The molecule has 6 heteroatoms. The van der Waals surface area contributed by atoms with Gasteiger partial charge in [0.1, 0.15) is 5.60 Å². The number of carbonyl (C=O) groups is 2. The molecule has 0 aromatic rings. The van der Waals surface area contributed by atoms with Crippen LogP contribution in [0.25, 0.3) is 0 Å². The van der Waals surface area contributed by atoms with Gasteiger partial charge in [-0.2, -0.15) is 0 Å². The fraction of sp³-hybridized carbons (Fsp3) is 0.905. The van der Waals surface area contributed by atoms with E-state index in [1.54, 1.807) is 20.8 Å². The van der Waals surface area contributed by atoms with Gasteiger partial charge in [-0.1, -0.05) is 46.0 Å². The first kappa shape index (κ1) is 27.9. The Labute approximate surface area is 166 Å². The standard InChI is InChI=1S/C13H24O2.C5H11NO2.C3H8O/c1-3-7-12-8-5-4-6-9-13(14)15-11(2)10-12;1-5(2,3)8-4(6)7;1-2-3-4/h11-12H,3-10H2,1-2H3;1-3H3,(H2,6,7);4H,2-3H2,1H3. The maximum atomic E-state index is 11.4. The van der Waals surface area contributed by atoms with E-state index in [1.165, 1.54) is 32.1 Å². The number of amides is 1. The van der Waals surface area contributed by atoms with E-state index in [1.807, 2.05) is 13.8 Å². The van der Waals surface area contributed by atoms with Crippen LogP contribution in [0.4, 0.5) is 4.79 Å². The summed E-state index contributed by atoms with van der Waals surface area (Å²) in [6, 6.07) is 0. The van der Waals surface area contributed by atoms with Crippen LogP contribution in [0.15, 0.2) is 0 Å². The maximum Gasteiger partial charge on any atom is 0.405 e. The Morgan fingerprint density at radius 3 is 2.22 bits per heavy atom. The van der Waals surface area contributed by atoms with Crippen molar-refractivity contribution in [3.63, 3.8) is 0 Å².